The van der Waals surface area contributed by atoms with Crippen molar-refractivity contribution in [1.82, 2.24) is 10.3 Å². The number of nitrogens with zero attached hydrogens (tertiary/aromatic N) is 1. The number of aliphatic hydroxyl groups is 1. The summed E-state index contributed by atoms with van der Waals surface area (Å²) in [7, 11) is 1.63. The summed E-state index contributed by atoms with van der Waals surface area (Å²) in [4.78, 5) is 20.4. The van der Waals surface area contributed by atoms with Crippen LogP contribution >= 0.6 is 23.1 Å². The summed E-state index contributed by atoms with van der Waals surface area (Å²) in [5, 5.41) is 15.7. The van der Waals surface area contributed by atoms with Gasteiger partial charge in [-0.05, 0) is 48.6 Å². The number of carbonyl (C=O) groups is 1. The van der Waals surface area contributed by atoms with E-state index in [1.165, 1.54) is 20.5 Å². The molecule has 6 atom stereocenters. The number of hydrogen-bond acceptors (Lipinski definition) is 6. The Hall–Kier alpha value is -1.41. The van der Waals surface area contributed by atoms with Gasteiger partial charge < -0.3 is 15.2 Å². The Balaban J connectivity index is 1.48. The average molecular weight is 489 g/mol. The van der Waals surface area contributed by atoms with Crippen molar-refractivity contribution in [3.63, 3.8) is 0 Å². The molecular formula is C26H36N2O3S2. The van der Waals surface area contributed by atoms with Gasteiger partial charge in [-0.3, -0.25) is 4.79 Å². The van der Waals surface area contributed by atoms with Crippen LogP contribution in [0.4, 0.5) is 0 Å². The molecule has 1 aromatic heterocycles. The first-order valence-electron chi connectivity index (χ1n) is 11.9. The van der Waals surface area contributed by atoms with Gasteiger partial charge in [0.15, 0.2) is 0 Å². The van der Waals surface area contributed by atoms with E-state index in [9.17, 15) is 9.90 Å². The summed E-state index contributed by atoms with van der Waals surface area (Å²) in [5.74, 6) is 0.948. The van der Waals surface area contributed by atoms with E-state index in [0.29, 0.717) is 13.2 Å². The average Bonchev–Trinajstić information content (AvgIpc) is 3.20. The van der Waals surface area contributed by atoms with Crippen molar-refractivity contribution < 1.29 is 14.6 Å². The van der Waals surface area contributed by atoms with Gasteiger partial charge in [0.25, 0.3) is 0 Å². The predicted octanol–water partition coefficient (Wildman–Crippen LogP) is 4.89. The van der Waals surface area contributed by atoms with Crippen LogP contribution in [0.2, 0.25) is 0 Å². The SMILES string of the molecule is COCCNC(=O)[C@@H](C)[C@H]1CC[C@@]2(C)Cc3sc(CSc4ccccc4)nc3[C@@H](C)[C@@H]2[C@H]1O. The number of carbonyl (C=O) groups excluding carboxylic acids is 1. The molecule has 0 spiro atoms. The van der Waals surface area contributed by atoms with Gasteiger partial charge in [0.1, 0.15) is 5.01 Å². The summed E-state index contributed by atoms with van der Waals surface area (Å²) < 4.78 is 5.04. The Labute approximate surface area is 205 Å². The second-order valence-corrected chi connectivity index (χ2v) is 12.1. The van der Waals surface area contributed by atoms with Gasteiger partial charge in [-0.25, -0.2) is 4.98 Å². The highest BCUT2D eigenvalue weighted by Crippen LogP contribution is 2.57. The molecule has 0 saturated heterocycles. The summed E-state index contributed by atoms with van der Waals surface area (Å²) in [5.41, 5.74) is 1.22. The van der Waals surface area contributed by atoms with Gasteiger partial charge in [-0.1, -0.05) is 39.0 Å². The Bertz CT molecular complexity index is 950. The smallest absolute Gasteiger partial charge is 0.223 e. The molecule has 4 rings (SSSR count). The molecule has 0 aliphatic heterocycles. The van der Waals surface area contributed by atoms with Gasteiger partial charge in [0, 0.05) is 35.3 Å². The Morgan fingerprint density at radius 2 is 2.15 bits per heavy atom. The van der Waals surface area contributed by atoms with Crippen LogP contribution in [0.25, 0.3) is 0 Å². The van der Waals surface area contributed by atoms with Crippen LogP contribution in [-0.4, -0.2) is 42.4 Å². The maximum Gasteiger partial charge on any atom is 0.223 e. The highest BCUT2D eigenvalue weighted by molar-refractivity contribution is 7.98. The second-order valence-electron chi connectivity index (χ2n) is 9.93. The maximum absolute atomic E-state index is 12.7. The lowest BCUT2D eigenvalue weighted by Crippen LogP contribution is -2.53. The number of nitrogens with one attached hydrogen (secondary N) is 1. The van der Waals surface area contributed by atoms with Crippen LogP contribution in [0, 0.1) is 23.2 Å². The fourth-order valence-corrected chi connectivity index (χ4v) is 8.24. The number of thioether (sulfide) groups is 1. The number of fused-ring (bicyclic) bond motifs is 2. The van der Waals surface area contributed by atoms with E-state index in [1.807, 2.05) is 36.1 Å². The van der Waals surface area contributed by atoms with Crippen molar-refractivity contribution in [1.29, 1.82) is 0 Å². The molecular weight excluding hydrogens is 452 g/mol. The van der Waals surface area contributed by atoms with Gasteiger partial charge >= 0.3 is 0 Å². The highest BCUT2D eigenvalue weighted by atomic mass is 32.2. The molecule has 2 aromatic rings. The van der Waals surface area contributed by atoms with E-state index in [2.05, 4.69) is 43.4 Å². The van der Waals surface area contributed by atoms with Gasteiger partial charge in [-0.15, -0.1) is 23.1 Å². The molecule has 0 radical (unpaired) electrons. The van der Waals surface area contributed by atoms with E-state index in [-0.39, 0.29) is 35.0 Å². The minimum Gasteiger partial charge on any atom is -0.392 e. The van der Waals surface area contributed by atoms with Crippen molar-refractivity contribution in [3.05, 3.63) is 45.9 Å². The third-order valence-electron chi connectivity index (χ3n) is 7.73. The molecule has 7 heteroatoms. The standard InChI is InChI=1S/C26H36N2O3S2/c1-16(25(30)27-12-13-31-4)19-10-11-26(3)14-20-23(17(2)22(26)24(19)29)28-21(33-20)15-32-18-8-6-5-7-9-18/h5-9,16-17,19,22,24,29H,10-15H2,1-4H3,(H,27,30)/t16-,17-,19+,22+,24-,26-/m0/s1. The molecule has 1 fully saturated rings. The van der Waals surface area contributed by atoms with E-state index in [4.69, 9.17) is 9.72 Å². The third kappa shape index (κ3) is 5.16. The summed E-state index contributed by atoms with van der Waals surface area (Å²) in [6.45, 7) is 7.52. The molecule has 1 aromatic carbocycles. The monoisotopic (exact) mass is 488 g/mol. The van der Waals surface area contributed by atoms with Crippen LogP contribution < -0.4 is 5.32 Å². The van der Waals surface area contributed by atoms with Crippen LogP contribution in [0.15, 0.2) is 35.2 Å². The molecule has 33 heavy (non-hydrogen) atoms. The molecule has 2 aliphatic carbocycles. The topological polar surface area (TPSA) is 71.5 Å². The number of aromatic nitrogens is 1. The predicted molar refractivity (Wildman–Crippen MR) is 135 cm³/mol. The van der Waals surface area contributed by atoms with Crippen molar-refractivity contribution >= 4 is 29.0 Å². The molecule has 0 unspecified atom stereocenters. The first kappa shape index (κ1) is 24.7. The molecule has 1 heterocycles. The fraction of sp³-hybridized carbons (Fsp3) is 0.615. The van der Waals surface area contributed by atoms with Crippen molar-refractivity contribution in [3.8, 4) is 0 Å². The number of thiazole rings is 1. The number of benzene rings is 1. The Morgan fingerprint density at radius 1 is 1.39 bits per heavy atom. The summed E-state index contributed by atoms with van der Waals surface area (Å²) in [6.07, 6.45) is 2.39. The minimum absolute atomic E-state index is 0.0118. The zero-order chi connectivity index (χ0) is 23.6. The van der Waals surface area contributed by atoms with Crippen LogP contribution in [-0.2, 0) is 21.7 Å². The van der Waals surface area contributed by atoms with Crippen molar-refractivity contribution in [2.75, 3.05) is 20.3 Å². The summed E-state index contributed by atoms with van der Waals surface area (Å²) in [6, 6.07) is 10.5. The molecule has 5 nitrogen and oxygen atoms in total. The lowest BCUT2D eigenvalue weighted by Gasteiger charge is -2.53. The highest BCUT2D eigenvalue weighted by Gasteiger charge is 2.53. The van der Waals surface area contributed by atoms with E-state index in [1.54, 1.807) is 7.11 Å². The molecule has 0 bridgehead atoms. The van der Waals surface area contributed by atoms with Crippen LogP contribution in [0.5, 0.6) is 0 Å². The molecule has 2 N–H and O–H groups in total. The quantitative estimate of drug-likeness (QED) is 0.409. The van der Waals surface area contributed by atoms with Crippen LogP contribution in [0.1, 0.15) is 55.1 Å². The molecule has 180 valence electrons. The lowest BCUT2D eigenvalue weighted by atomic mass is 9.53. The van der Waals surface area contributed by atoms with Gasteiger partial charge in [0.05, 0.1) is 24.2 Å². The Kier molecular flexibility index (Phi) is 7.83. The zero-order valence-corrected chi connectivity index (χ0v) is 21.7. The van der Waals surface area contributed by atoms with Gasteiger partial charge in [-0.2, -0.15) is 0 Å². The first-order chi connectivity index (χ1) is 15.8. The first-order valence-corrected chi connectivity index (χ1v) is 13.8. The number of amides is 1. The molecule has 1 amide bonds. The lowest BCUT2D eigenvalue weighted by molar-refractivity contribution is -0.135. The number of rotatable bonds is 8. The van der Waals surface area contributed by atoms with E-state index >= 15 is 0 Å². The van der Waals surface area contributed by atoms with Crippen molar-refractivity contribution in [2.24, 2.45) is 23.2 Å². The second kappa shape index (κ2) is 10.5. The number of aliphatic hydroxyl groups excluding tert-OH is 1. The number of hydrogen-bond donors (Lipinski definition) is 2. The number of methoxy groups -OCH3 is 1. The van der Waals surface area contributed by atoms with Crippen LogP contribution in [0.3, 0.4) is 0 Å². The third-order valence-corrected chi connectivity index (χ3v) is 10.0. The molecule has 1 saturated carbocycles. The van der Waals surface area contributed by atoms with E-state index < -0.39 is 6.10 Å². The zero-order valence-electron chi connectivity index (χ0n) is 20.0. The maximum atomic E-state index is 12.7. The van der Waals surface area contributed by atoms with Gasteiger partial charge in [0.2, 0.25) is 5.91 Å². The Morgan fingerprint density at radius 3 is 2.88 bits per heavy atom. The number of ether oxygens (including phenoxy) is 1. The van der Waals surface area contributed by atoms with E-state index in [0.717, 1.165) is 25.0 Å². The minimum atomic E-state index is -0.501. The fourth-order valence-electron chi connectivity index (χ4n) is 5.95. The normalized spacial score (nSPS) is 29.7. The van der Waals surface area contributed by atoms with Crippen molar-refractivity contribution in [2.45, 2.75) is 62.7 Å². The summed E-state index contributed by atoms with van der Waals surface area (Å²) >= 11 is 3.67. The largest absolute Gasteiger partial charge is 0.392 e. The molecule has 2 aliphatic rings.